The van der Waals surface area contributed by atoms with Gasteiger partial charge in [0.1, 0.15) is 5.75 Å². The second-order valence-corrected chi connectivity index (χ2v) is 8.65. The van der Waals surface area contributed by atoms with Crippen LogP contribution in [0.2, 0.25) is 0 Å². The van der Waals surface area contributed by atoms with Gasteiger partial charge < -0.3 is 9.47 Å². The van der Waals surface area contributed by atoms with Gasteiger partial charge in [-0.3, -0.25) is 0 Å². The smallest absolute Gasteiger partial charge is 0.243 e. The van der Waals surface area contributed by atoms with Crippen LogP contribution in [0.1, 0.15) is 17.7 Å². The van der Waals surface area contributed by atoms with E-state index in [2.05, 4.69) is 10.2 Å². The van der Waals surface area contributed by atoms with Gasteiger partial charge in [-0.2, -0.15) is 9.40 Å². The van der Waals surface area contributed by atoms with Gasteiger partial charge in [0.15, 0.2) is 0 Å². The number of rotatable bonds is 5. The molecule has 2 aliphatic heterocycles. The molecule has 1 fully saturated rings. The van der Waals surface area contributed by atoms with Gasteiger partial charge in [-0.25, -0.2) is 8.42 Å². The quantitative estimate of drug-likeness (QED) is 0.793. The minimum atomic E-state index is -3.49. The normalized spacial score (nSPS) is 20.0. The van der Waals surface area contributed by atoms with Crippen molar-refractivity contribution in [3.8, 4) is 11.6 Å². The molecule has 26 heavy (non-hydrogen) atoms. The average Bonchev–Trinajstić information content (AvgIpc) is 3.30. The Morgan fingerprint density at radius 3 is 2.96 bits per heavy atom. The molecular weight excluding hydrogens is 354 g/mol. The fraction of sp³-hybridized carbons (Fsp3) is 0.444. The fourth-order valence-electron chi connectivity index (χ4n) is 3.29. The van der Waals surface area contributed by atoms with Crippen molar-refractivity contribution in [3.05, 3.63) is 41.6 Å². The minimum absolute atomic E-state index is 0.144. The van der Waals surface area contributed by atoms with Crippen molar-refractivity contribution in [2.75, 3.05) is 26.3 Å². The van der Waals surface area contributed by atoms with Gasteiger partial charge in [-0.15, -0.1) is 5.10 Å². The van der Waals surface area contributed by atoms with E-state index in [4.69, 9.17) is 9.47 Å². The van der Waals surface area contributed by atoms with Crippen LogP contribution in [0.3, 0.4) is 0 Å². The molecule has 0 aliphatic carbocycles. The Kier molecular flexibility index (Phi) is 4.54. The number of sulfonamides is 1. The lowest BCUT2D eigenvalue weighted by atomic mass is 10.1. The third-order valence-electron chi connectivity index (χ3n) is 4.79. The number of aryl methyl sites for hydroxylation is 1. The van der Waals surface area contributed by atoms with Crippen molar-refractivity contribution in [1.82, 2.24) is 14.5 Å². The molecule has 0 radical (unpaired) electrons. The highest BCUT2D eigenvalue weighted by atomic mass is 32.2. The Bertz CT molecular complexity index is 899. The van der Waals surface area contributed by atoms with Crippen LogP contribution in [-0.2, 0) is 16.4 Å². The lowest BCUT2D eigenvalue weighted by Crippen LogP contribution is -2.29. The zero-order valence-corrected chi connectivity index (χ0v) is 15.4. The van der Waals surface area contributed by atoms with Crippen LogP contribution in [0.25, 0.3) is 0 Å². The predicted molar refractivity (Wildman–Crippen MR) is 94.8 cm³/mol. The average molecular weight is 375 g/mol. The number of hydrogen-bond donors (Lipinski definition) is 0. The third kappa shape index (κ3) is 3.39. The highest BCUT2D eigenvalue weighted by molar-refractivity contribution is 7.89. The molecule has 2 aromatic rings. The molecule has 1 aromatic heterocycles. The van der Waals surface area contributed by atoms with Crippen LogP contribution in [0.15, 0.2) is 35.2 Å². The summed E-state index contributed by atoms with van der Waals surface area (Å²) in [4.78, 5) is 0.340. The SMILES string of the molecule is Cc1ccc(OCC2CCN(S(=O)(=O)c3ccc4c(c3)CCO4)C2)nn1. The summed E-state index contributed by atoms with van der Waals surface area (Å²) >= 11 is 0. The first-order chi connectivity index (χ1) is 12.5. The molecule has 1 aromatic carbocycles. The fourth-order valence-corrected chi connectivity index (χ4v) is 4.87. The first-order valence-corrected chi connectivity index (χ1v) is 10.2. The van der Waals surface area contributed by atoms with Gasteiger partial charge in [-0.05, 0) is 43.2 Å². The van der Waals surface area contributed by atoms with Crippen LogP contribution in [0.4, 0.5) is 0 Å². The largest absolute Gasteiger partial charge is 0.493 e. The summed E-state index contributed by atoms with van der Waals surface area (Å²) in [6, 6.07) is 8.74. The van der Waals surface area contributed by atoms with Gasteiger partial charge in [-0.1, -0.05) is 0 Å². The molecule has 1 saturated heterocycles. The van der Waals surface area contributed by atoms with E-state index in [1.54, 1.807) is 28.6 Å². The highest BCUT2D eigenvalue weighted by Crippen LogP contribution is 2.30. The summed E-state index contributed by atoms with van der Waals surface area (Å²) in [6.45, 7) is 3.87. The molecular formula is C18H21N3O4S. The zero-order valence-electron chi connectivity index (χ0n) is 14.6. The second-order valence-electron chi connectivity index (χ2n) is 6.71. The maximum Gasteiger partial charge on any atom is 0.243 e. The predicted octanol–water partition coefficient (Wildman–Crippen LogP) is 1.81. The van der Waals surface area contributed by atoms with Gasteiger partial charge in [0.25, 0.3) is 0 Å². The van der Waals surface area contributed by atoms with Crippen LogP contribution in [0.5, 0.6) is 11.6 Å². The number of ether oxygens (including phenoxy) is 2. The van der Waals surface area contributed by atoms with Gasteiger partial charge in [0.05, 0.1) is 23.8 Å². The number of nitrogens with zero attached hydrogens (tertiary/aromatic N) is 3. The van der Waals surface area contributed by atoms with Crippen molar-refractivity contribution < 1.29 is 17.9 Å². The summed E-state index contributed by atoms with van der Waals surface area (Å²) in [7, 11) is -3.49. The summed E-state index contributed by atoms with van der Waals surface area (Å²) < 4.78 is 38.5. The molecule has 4 rings (SSSR count). The highest BCUT2D eigenvalue weighted by Gasteiger charge is 2.33. The van der Waals surface area contributed by atoms with Crippen LogP contribution >= 0.6 is 0 Å². The Balaban J connectivity index is 1.40. The van der Waals surface area contributed by atoms with E-state index in [0.717, 1.165) is 29.8 Å². The Morgan fingerprint density at radius 1 is 1.27 bits per heavy atom. The standard InChI is InChI=1S/C18H21N3O4S/c1-13-2-5-18(20-19-13)25-12-14-6-8-21(11-14)26(22,23)16-3-4-17-15(10-16)7-9-24-17/h2-5,10,14H,6-9,11-12H2,1H3. The number of aromatic nitrogens is 2. The van der Waals surface area contributed by atoms with E-state index in [1.807, 2.05) is 13.0 Å². The first kappa shape index (κ1) is 17.2. The molecule has 1 unspecified atom stereocenters. The van der Waals surface area contributed by atoms with E-state index in [1.165, 1.54) is 0 Å². The van der Waals surface area contributed by atoms with Crippen molar-refractivity contribution in [2.45, 2.75) is 24.7 Å². The molecule has 7 nitrogen and oxygen atoms in total. The summed E-state index contributed by atoms with van der Waals surface area (Å²) in [6.07, 6.45) is 1.53. The molecule has 2 aliphatic rings. The molecule has 3 heterocycles. The monoisotopic (exact) mass is 375 g/mol. The lowest BCUT2D eigenvalue weighted by molar-refractivity contribution is 0.244. The Labute approximate surface area is 153 Å². The van der Waals surface area contributed by atoms with Gasteiger partial charge in [0.2, 0.25) is 15.9 Å². The van der Waals surface area contributed by atoms with Crippen LogP contribution in [-0.4, -0.2) is 49.2 Å². The maximum absolute atomic E-state index is 12.9. The van der Waals surface area contributed by atoms with Gasteiger partial charge in [0, 0.05) is 31.5 Å². The zero-order chi connectivity index (χ0) is 18.1. The molecule has 1 atom stereocenters. The molecule has 0 N–H and O–H groups in total. The van der Waals surface area contributed by atoms with Gasteiger partial charge >= 0.3 is 0 Å². The maximum atomic E-state index is 12.9. The van der Waals surface area contributed by atoms with E-state index in [-0.39, 0.29) is 5.92 Å². The first-order valence-electron chi connectivity index (χ1n) is 8.71. The van der Waals surface area contributed by atoms with E-state index in [9.17, 15) is 8.42 Å². The molecule has 0 saturated carbocycles. The molecule has 8 heteroatoms. The van der Waals surface area contributed by atoms with Crippen molar-refractivity contribution in [1.29, 1.82) is 0 Å². The van der Waals surface area contributed by atoms with E-state index < -0.39 is 10.0 Å². The van der Waals surface area contributed by atoms with E-state index in [0.29, 0.717) is 37.1 Å². The number of fused-ring (bicyclic) bond motifs is 1. The molecule has 138 valence electrons. The topological polar surface area (TPSA) is 81.6 Å². The number of hydrogen-bond acceptors (Lipinski definition) is 6. The second kappa shape index (κ2) is 6.85. The minimum Gasteiger partial charge on any atom is -0.493 e. The van der Waals surface area contributed by atoms with E-state index >= 15 is 0 Å². The van der Waals surface area contributed by atoms with Crippen LogP contribution in [0, 0.1) is 12.8 Å². The molecule has 0 bridgehead atoms. The van der Waals surface area contributed by atoms with Crippen molar-refractivity contribution in [2.24, 2.45) is 5.92 Å². The molecule has 0 spiro atoms. The molecule has 0 amide bonds. The van der Waals surface area contributed by atoms with Crippen molar-refractivity contribution in [3.63, 3.8) is 0 Å². The number of benzene rings is 1. The summed E-state index contributed by atoms with van der Waals surface area (Å²) in [5.41, 5.74) is 1.79. The Hall–Kier alpha value is -2.19. The Morgan fingerprint density at radius 2 is 2.15 bits per heavy atom. The lowest BCUT2D eigenvalue weighted by Gasteiger charge is -2.17. The van der Waals surface area contributed by atoms with Crippen LogP contribution < -0.4 is 9.47 Å². The summed E-state index contributed by atoms with van der Waals surface area (Å²) in [5.74, 6) is 1.40. The summed E-state index contributed by atoms with van der Waals surface area (Å²) in [5, 5.41) is 7.93. The van der Waals surface area contributed by atoms with Crippen molar-refractivity contribution >= 4 is 10.0 Å². The third-order valence-corrected chi connectivity index (χ3v) is 6.65.